The number of thiophene rings is 1. The molecule has 0 atom stereocenters. The van der Waals surface area contributed by atoms with Crippen LogP contribution in [0.3, 0.4) is 0 Å². The number of imidazole rings is 1. The first-order valence-electron chi connectivity index (χ1n) is 6.97. The van der Waals surface area contributed by atoms with E-state index < -0.39 is 0 Å². The van der Waals surface area contributed by atoms with Gasteiger partial charge in [0, 0.05) is 11.9 Å². The van der Waals surface area contributed by atoms with Gasteiger partial charge in [-0.05, 0) is 36.1 Å². The molecule has 0 aliphatic rings. The Morgan fingerprint density at radius 3 is 3.05 bits per heavy atom. The molecule has 0 fully saturated rings. The Labute approximate surface area is 137 Å². The summed E-state index contributed by atoms with van der Waals surface area (Å²) < 4.78 is 0. The van der Waals surface area contributed by atoms with Crippen LogP contribution in [-0.2, 0) is 11.3 Å². The highest BCUT2D eigenvalue weighted by molar-refractivity contribution is 7.99. The summed E-state index contributed by atoms with van der Waals surface area (Å²) >= 11 is 3.11. The van der Waals surface area contributed by atoms with Crippen molar-refractivity contribution in [1.29, 1.82) is 0 Å². The van der Waals surface area contributed by atoms with E-state index in [1.807, 2.05) is 36.7 Å². The molecule has 0 aliphatic carbocycles. The third kappa shape index (κ3) is 3.51. The minimum atomic E-state index is 0.107. The Hall–Kier alpha value is -1.79. The van der Waals surface area contributed by atoms with E-state index in [0.29, 0.717) is 12.3 Å². The zero-order valence-corrected chi connectivity index (χ0v) is 14.1. The quantitative estimate of drug-likeness (QED) is 0.726. The lowest BCUT2D eigenvalue weighted by Crippen LogP contribution is -2.27. The lowest BCUT2D eigenvalue weighted by molar-refractivity contribution is -0.127. The number of hydrogen-bond donors (Lipinski definition) is 1. The van der Waals surface area contributed by atoms with Crippen molar-refractivity contribution in [3.05, 3.63) is 46.2 Å². The maximum absolute atomic E-state index is 12.2. The highest BCUT2D eigenvalue weighted by Gasteiger charge is 2.12. The molecule has 1 aromatic carbocycles. The molecule has 4 nitrogen and oxygen atoms in total. The highest BCUT2D eigenvalue weighted by Crippen LogP contribution is 2.21. The number of H-pyrrole nitrogens is 1. The number of hydrogen-bond acceptors (Lipinski definition) is 4. The van der Waals surface area contributed by atoms with Crippen LogP contribution in [0.2, 0.25) is 0 Å². The molecule has 114 valence electrons. The number of aromatic nitrogens is 2. The van der Waals surface area contributed by atoms with E-state index in [2.05, 4.69) is 23.0 Å². The van der Waals surface area contributed by atoms with Crippen molar-refractivity contribution in [3.8, 4) is 0 Å². The van der Waals surface area contributed by atoms with Gasteiger partial charge in [0.05, 0.1) is 23.3 Å². The summed E-state index contributed by atoms with van der Waals surface area (Å²) in [5.74, 6) is 0.496. The fourth-order valence-corrected chi connectivity index (χ4v) is 3.72. The minimum absolute atomic E-state index is 0.107. The molecule has 0 spiro atoms. The highest BCUT2D eigenvalue weighted by atomic mass is 32.2. The van der Waals surface area contributed by atoms with Gasteiger partial charge in [-0.25, -0.2) is 4.98 Å². The van der Waals surface area contributed by atoms with E-state index in [-0.39, 0.29) is 5.91 Å². The van der Waals surface area contributed by atoms with Gasteiger partial charge in [-0.1, -0.05) is 23.9 Å². The lowest BCUT2D eigenvalue weighted by atomic mass is 10.2. The van der Waals surface area contributed by atoms with Gasteiger partial charge in [0.2, 0.25) is 5.91 Å². The molecule has 2 aromatic heterocycles. The van der Waals surface area contributed by atoms with Crippen molar-refractivity contribution in [2.45, 2.75) is 18.6 Å². The van der Waals surface area contributed by atoms with E-state index in [1.165, 1.54) is 22.2 Å². The van der Waals surface area contributed by atoms with E-state index in [4.69, 9.17) is 0 Å². The van der Waals surface area contributed by atoms with Crippen LogP contribution in [0, 0.1) is 6.92 Å². The first-order chi connectivity index (χ1) is 10.6. The SMILES string of the molecule is Cc1ccc2nc(SCC(=O)N(C)Cc3cccs3)[nH]c2c1. The van der Waals surface area contributed by atoms with Gasteiger partial charge < -0.3 is 9.88 Å². The zero-order chi connectivity index (χ0) is 15.5. The number of aromatic amines is 1. The molecule has 22 heavy (non-hydrogen) atoms. The molecular formula is C16H17N3OS2. The molecular weight excluding hydrogens is 314 g/mol. The number of amides is 1. The van der Waals surface area contributed by atoms with E-state index in [9.17, 15) is 4.79 Å². The van der Waals surface area contributed by atoms with Crippen LogP contribution in [-0.4, -0.2) is 33.6 Å². The largest absolute Gasteiger partial charge is 0.340 e. The molecule has 0 unspecified atom stereocenters. The predicted molar refractivity (Wildman–Crippen MR) is 92.3 cm³/mol. The molecule has 0 aliphatic heterocycles. The number of nitrogens with zero attached hydrogens (tertiary/aromatic N) is 2. The summed E-state index contributed by atoms with van der Waals surface area (Å²) in [5.41, 5.74) is 3.15. The second kappa shape index (κ2) is 6.54. The summed E-state index contributed by atoms with van der Waals surface area (Å²) in [4.78, 5) is 22.9. The molecule has 0 saturated heterocycles. The second-order valence-corrected chi connectivity index (χ2v) is 7.18. The first kappa shape index (κ1) is 15.1. The average Bonchev–Trinajstić information content (AvgIpc) is 3.13. The monoisotopic (exact) mass is 331 g/mol. The molecule has 6 heteroatoms. The summed E-state index contributed by atoms with van der Waals surface area (Å²) in [6, 6.07) is 10.2. The first-order valence-corrected chi connectivity index (χ1v) is 8.84. The van der Waals surface area contributed by atoms with Crippen molar-refractivity contribution in [1.82, 2.24) is 14.9 Å². The Morgan fingerprint density at radius 2 is 2.27 bits per heavy atom. The van der Waals surface area contributed by atoms with Crippen molar-refractivity contribution in [2.24, 2.45) is 0 Å². The number of carbonyl (C=O) groups excluding carboxylic acids is 1. The Morgan fingerprint density at radius 1 is 1.41 bits per heavy atom. The van der Waals surface area contributed by atoms with Crippen LogP contribution in [0.15, 0.2) is 40.9 Å². The third-order valence-electron chi connectivity index (χ3n) is 3.35. The molecule has 2 heterocycles. The van der Waals surface area contributed by atoms with Gasteiger partial charge in [0.25, 0.3) is 0 Å². The topological polar surface area (TPSA) is 49.0 Å². The van der Waals surface area contributed by atoms with Crippen LogP contribution in [0.4, 0.5) is 0 Å². The molecule has 0 saturated carbocycles. The molecule has 3 rings (SSSR count). The van der Waals surface area contributed by atoms with E-state index in [0.717, 1.165) is 16.2 Å². The summed E-state index contributed by atoms with van der Waals surface area (Å²) in [6.45, 7) is 2.71. The normalized spacial score (nSPS) is 11.0. The van der Waals surface area contributed by atoms with Crippen molar-refractivity contribution >= 4 is 40.0 Å². The van der Waals surface area contributed by atoms with Gasteiger partial charge >= 0.3 is 0 Å². The Balaban J connectivity index is 1.59. The summed E-state index contributed by atoms with van der Waals surface area (Å²) in [6.07, 6.45) is 0. The fourth-order valence-electron chi connectivity index (χ4n) is 2.13. The minimum Gasteiger partial charge on any atom is -0.340 e. The summed E-state index contributed by atoms with van der Waals surface area (Å²) in [5, 5.41) is 2.82. The average molecular weight is 331 g/mol. The summed E-state index contributed by atoms with van der Waals surface area (Å²) in [7, 11) is 1.84. The smallest absolute Gasteiger partial charge is 0.233 e. The number of nitrogens with one attached hydrogen (secondary N) is 1. The van der Waals surface area contributed by atoms with Gasteiger partial charge in [-0.2, -0.15) is 0 Å². The van der Waals surface area contributed by atoms with Crippen LogP contribution >= 0.6 is 23.1 Å². The molecule has 0 bridgehead atoms. The van der Waals surface area contributed by atoms with Crippen molar-refractivity contribution in [3.63, 3.8) is 0 Å². The van der Waals surface area contributed by atoms with Crippen LogP contribution < -0.4 is 0 Å². The standard InChI is InChI=1S/C16H17N3OS2/c1-11-5-6-13-14(8-11)18-16(17-13)22-10-15(20)19(2)9-12-4-3-7-21-12/h3-8H,9-10H2,1-2H3,(H,17,18). The molecule has 1 amide bonds. The van der Waals surface area contributed by atoms with Gasteiger partial charge in [-0.15, -0.1) is 11.3 Å². The predicted octanol–water partition coefficient (Wildman–Crippen LogP) is 3.68. The van der Waals surface area contributed by atoms with Gasteiger partial charge in [-0.3, -0.25) is 4.79 Å². The maximum atomic E-state index is 12.2. The Kier molecular flexibility index (Phi) is 4.49. The fraction of sp³-hybridized carbons (Fsp3) is 0.250. The molecule has 0 radical (unpaired) electrons. The van der Waals surface area contributed by atoms with Gasteiger partial charge in [0.15, 0.2) is 5.16 Å². The van der Waals surface area contributed by atoms with Gasteiger partial charge in [0.1, 0.15) is 0 Å². The number of benzene rings is 1. The van der Waals surface area contributed by atoms with E-state index in [1.54, 1.807) is 16.2 Å². The number of carbonyl (C=O) groups is 1. The van der Waals surface area contributed by atoms with Crippen LogP contribution in [0.25, 0.3) is 11.0 Å². The number of thioether (sulfide) groups is 1. The number of fused-ring (bicyclic) bond motifs is 1. The van der Waals surface area contributed by atoms with Crippen LogP contribution in [0.5, 0.6) is 0 Å². The third-order valence-corrected chi connectivity index (χ3v) is 5.07. The second-order valence-electron chi connectivity index (χ2n) is 5.18. The van der Waals surface area contributed by atoms with Crippen molar-refractivity contribution in [2.75, 3.05) is 12.8 Å². The molecule has 3 aromatic rings. The number of rotatable bonds is 5. The maximum Gasteiger partial charge on any atom is 0.233 e. The molecule has 1 N–H and O–H groups in total. The van der Waals surface area contributed by atoms with Crippen molar-refractivity contribution < 1.29 is 4.79 Å². The number of aryl methyl sites for hydroxylation is 1. The zero-order valence-electron chi connectivity index (χ0n) is 12.5. The lowest BCUT2D eigenvalue weighted by Gasteiger charge is -2.15. The Bertz CT molecular complexity index is 780. The van der Waals surface area contributed by atoms with E-state index >= 15 is 0 Å². The van der Waals surface area contributed by atoms with Crippen LogP contribution in [0.1, 0.15) is 10.4 Å².